The summed E-state index contributed by atoms with van der Waals surface area (Å²) in [6.07, 6.45) is 43.6. The second-order valence-corrected chi connectivity index (χ2v) is 13.0. The minimum absolute atomic E-state index is 0.141. The molecule has 0 aromatic rings. The van der Waals surface area contributed by atoms with Gasteiger partial charge in [-0.3, -0.25) is 9.59 Å². The molecule has 0 unspecified atom stereocenters. The molecule has 5 nitrogen and oxygen atoms in total. The maximum Gasteiger partial charge on any atom is 0.306 e. The Labute approximate surface area is 285 Å². The second kappa shape index (κ2) is 35.7. The summed E-state index contributed by atoms with van der Waals surface area (Å²) in [4.78, 5) is 26.9. The first-order valence-corrected chi connectivity index (χ1v) is 19.1. The predicted octanol–water partition coefficient (Wildman–Crippen LogP) is 11.6. The number of unbranched alkanes of at least 4 members (excludes halogenated alkanes) is 15. The van der Waals surface area contributed by atoms with Crippen molar-refractivity contribution in [3.05, 3.63) is 48.6 Å². The van der Waals surface area contributed by atoms with Gasteiger partial charge in [0.25, 0.3) is 0 Å². The molecule has 0 rings (SSSR count). The maximum atomic E-state index is 12.5. The Morgan fingerprint density at radius 2 is 0.913 bits per heavy atom. The Kier molecular flexibility index (Phi) is 34.0. The molecule has 266 valence electrons. The average molecular weight is 644 g/mol. The van der Waals surface area contributed by atoms with Crippen LogP contribution in [-0.4, -0.2) is 50.2 Å². The molecule has 0 radical (unpaired) electrons. The van der Waals surface area contributed by atoms with E-state index in [4.69, 9.17) is 9.47 Å². The molecule has 0 aromatic carbocycles. The number of allylic oxidation sites excluding steroid dienone is 8. The van der Waals surface area contributed by atoms with Crippen molar-refractivity contribution in [3.63, 3.8) is 0 Å². The third-order valence-corrected chi connectivity index (χ3v) is 7.98. The summed E-state index contributed by atoms with van der Waals surface area (Å²) in [6, 6.07) is 0. The van der Waals surface area contributed by atoms with Gasteiger partial charge in [0.05, 0.1) is 0 Å². The molecule has 0 aliphatic carbocycles. The summed E-state index contributed by atoms with van der Waals surface area (Å²) in [5.41, 5.74) is 0. The van der Waals surface area contributed by atoms with Crippen LogP contribution in [0.2, 0.25) is 0 Å². The molecule has 0 aromatic heterocycles. The van der Waals surface area contributed by atoms with E-state index in [2.05, 4.69) is 67.4 Å². The van der Waals surface area contributed by atoms with Crippen LogP contribution in [0.1, 0.15) is 168 Å². The van der Waals surface area contributed by atoms with Crippen molar-refractivity contribution in [1.82, 2.24) is 4.90 Å². The van der Waals surface area contributed by atoms with Crippen LogP contribution in [0.4, 0.5) is 0 Å². The minimum atomic E-state index is -0.391. The van der Waals surface area contributed by atoms with Crippen molar-refractivity contribution in [2.24, 2.45) is 0 Å². The number of rotatable bonds is 33. The molecule has 0 saturated carbocycles. The van der Waals surface area contributed by atoms with Crippen molar-refractivity contribution < 1.29 is 19.1 Å². The lowest BCUT2D eigenvalue weighted by Crippen LogP contribution is -2.29. The highest BCUT2D eigenvalue weighted by molar-refractivity contribution is 5.70. The fourth-order valence-electron chi connectivity index (χ4n) is 5.00. The number of carbonyl (C=O) groups is 2. The van der Waals surface area contributed by atoms with Crippen LogP contribution >= 0.6 is 0 Å². The third kappa shape index (κ3) is 34.7. The molecular weight excluding hydrogens is 570 g/mol. The molecule has 0 heterocycles. The van der Waals surface area contributed by atoms with E-state index in [9.17, 15) is 9.59 Å². The van der Waals surface area contributed by atoms with Crippen molar-refractivity contribution >= 4 is 11.9 Å². The fourth-order valence-corrected chi connectivity index (χ4v) is 5.00. The van der Waals surface area contributed by atoms with Gasteiger partial charge >= 0.3 is 11.9 Å². The van der Waals surface area contributed by atoms with Gasteiger partial charge in [-0.05, 0) is 117 Å². The van der Waals surface area contributed by atoms with Gasteiger partial charge in [-0.1, -0.05) is 94.6 Å². The molecular formula is C41H73NO4. The Morgan fingerprint density at radius 1 is 0.522 bits per heavy atom. The first kappa shape index (κ1) is 43.9. The quantitative estimate of drug-likeness (QED) is 0.0404. The van der Waals surface area contributed by atoms with Gasteiger partial charge in [0.2, 0.25) is 0 Å². The Hall–Kier alpha value is -2.14. The van der Waals surface area contributed by atoms with Crippen molar-refractivity contribution in [3.8, 4) is 0 Å². The van der Waals surface area contributed by atoms with Crippen molar-refractivity contribution in [2.45, 2.75) is 174 Å². The van der Waals surface area contributed by atoms with E-state index in [0.717, 1.165) is 70.8 Å². The van der Waals surface area contributed by atoms with Crippen molar-refractivity contribution in [2.75, 3.05) is 27.2 Å². The summed E-state index contributed by atoms with van der Waals surface area (Å²) < 4.78 is 11.2. The summed E-state index contributed by atoms with van der Waals surface area (Å²) in [5.74, 6) is -0.397. The van der Waals surface area contributed by atoms with E-state index in [1.165, 1.54) is 70.6 Å². The molecule has 0 saturated heterocycles. The zero-order chi connectivity index (χ0) is 33.8. The van der Waals surface area contributed by atoms with Crippen LogP contribution < -0.4 is 0 Å². The Bertz CT molecular complexity index is 798. The second-order valence-electron chi connectivity index (χ2n) is 13.0. The number of esters is 2. The molecule has 46 heavy (non-hydrogen) atoms. The monoisotopic (exact) mass is 644 g/mol. The lowest BCUT2D eigenvalue weighted by molar-refractivity contribution is -0.159. The standard InChI is InChI=1S/C41H73NO4/c1-5-7-9-11-13-15-17-19-21-23-25-27-29-31-33-35-41(44)46-39(36-37-42(3)4)38-45-40(43)34-32-30-28-26-24-22-20-18-16-14-12-10-8-6-2/h14-17,24-27,39H,5-13,18-23,28-38H2,1-4H3/b16-14-,17-15-,26-24-,27-25-/t39-/m0/s1. The van der Waals surface area contributed by atoms with Gasteiger partial charge in [0, 0.05) is 25.8 Å². The molecule has 0 aliphatic rings. The van der Waals surface area contributed by atoms with Gasteiger partial charge in [-0.15, -0.1) is 0 Å². The van der Waals surface area contributed by atoms with E-state index in [1.807, 2.05) is 14.1 Å². The molecule has 5 heteroatoms. The van der Waals surface area contributed by atoms with Gasteiger partial charge < -0.3 is 14.4 Å². The number of nitrogens with zero attached hydrogens (tertiary/aromatic N) is 1. The van der Waals surface area contributed by atoms with Crippen LogP contribution in [0.25, 0.3) is 0 Å². The molecule has 1 atom stereocenters. The predicted molar refractivity (Wildman–Crippen MR) is 198 cm³/mol. The highest BCUT2D eigenvalue weighted by atomic mass is 16.6. The van der Waals surface area contributed by atoms with Gasteiger partial charge in [0.1, 0.15) is 12.7 Å². The summed E-state index contributed by atoms with van der Waals surface area (Å²) in [7, 11) is 3.98. The van der Waals surface area contributed by atoms with E-state index >= 15 is 0 Å². The van der Waals surface area contributed by atoms with Crippen LogP contribution in [0, 0.1) is 0 Å². The zero-order valence-corrected chi connectivity index (χ0v) is 30.7. The average Bonchev–Trinajstić information content (AvgIpc) is 3.04. The van der Waals surface area contributed by atoms with Crippen LogP contribution in [0.5, 0.6) is 0 Å². The topological polar surface area (TPSA) is 55.8 Å². The lowest BCUT2D eigenvalue weighted by Gasteiger charge is -2.20. The molecule has 0 amide bonds. The Morgan fingerprint density at radius 3 is 1.37 bits per heavy atom. The molecule has 0 spiro atoms. The van der Waals surface area contributed by atoms with Crippen molar-refractivity contribution in [1.29, 1.82) is 0 Å². The lowest BCUT2D eigenvalue weighted by atomic mass is 10.1. The molecule has 0 N–H and O–H groups in total. The van der Waals surface area contributed by atoms with Gasteiger partial charge in [-0.2, -0.15) is 0 Å². The maximum absolute atomic E-state index is 12.5. The first-order chi connectivity index (χ1) is 22.5. The first-order valence-electron chi connectivity index (χ1n) is 19.1. The summed E-state index contributed by atoms with van der Waals surface area (Å²) >= 11 is 0. The van der Waals surface area contributed by atoms with Gasteiger partial charge in [-0.25, -0.2) is 0 Å². The molecule has 0 bridgehead atoms. The molecule has 0 fully saturated rings. The summed E-state index contributed by atoms with van der Waals surface area (Å²) in [5, 5.41) is 0. The number of ether oxygens (including phenoxy) is 2. The van der Waals surface area contributed by atoms with E-state index < -0.39 is 6.10 Å². The largest absolute Gasteiger partial charge is 0.462 e. The zero-order valence-electron chi connectivity index (χ0n) is 30.7. The van der Waals surface area contributed by atoms with E-state index in [0.29, 0.717) is 19.3 Å². The smallest absolute Gasteiger partial charge is 0.306 e. The normalized spacial score (nSPS) is 12.8. The van der Waals surface area contributed by atoms with Gasteiger partial charge in [0.15, 0.2) is 0 Å². The number of hydrogen-bond acceptors (Lipinski definition) is 5. The van der Waals surface area contributed by atoms with Crippen LogP contribution in [-0.2, 0) is 19.1 Å². The Balaban J connectivity index is 3.98. The SMILES string of the molecule is CCCCC/C=C\CCC/C=C\CCCCC(=O)OC[C@H](CCN(C)C)OC(=O)CCCC/C=C\CCC/C=C\CCCCCC. The van der Waals surface area contributed by atoms with E-state index in [1.54, 1.807) is 0 Å². The van der Waals surface area contributed by atoms with Crippen LogP contribution in [0.3, 0.4) is 0 Å². The highest BCUT2D eigenvalue weighted by Gasteiger charge is 2.17. The number of hydrogen-bond donors (Lipinski definition) is 0. The number of carbonyl (C=O) groups excluding carboxylic acids is 2. The molecule has 0 aliphatic heterocycles. The van der Waals surface area contributed by atoms with Crippen LogP contribution in [0.15, 0.2) is 48.6 Å². The highest BCUT2D eigenvalue weighted by Crippen LogP contribution is 2.10. The third-order valence-electron chi connectivity index (χ3n) is 7.98. The van der Waals surface area contributed by atoms with E-state index in [-0.39, 0.29) is 18.5 Å². The summed E-state index contributed by atoms with van der Waals surface area (Å²) in [6.45, 7) is 5.41. The fraction of sp³-hybridized carbons (Fsp3) is 0.756. The minimum Gasteiger partial charge on any atom is -0.462 e.